The summed E-state index contributed by atoms with van der Waals surface area (Å²) in [7, 11) is 0. The molecule has 0 aliphatic carbocycles. The number of hydrogen-bond donors (Lipinski definition) is 2. The van der Waals surface area contributed by atoms with Gasteiger partial charge in [0.15, 0.2) is 0 Å². The number of aliphatic hydroxyl groups is 1. The Labute approximate surface area is 129 Å². The minimum absolute atomic E-state index is 0.158. The number of hydrogen-bond acceptors (Lipinski definition) is 7. The molecule has 2 aromatic heterocycles. The zero-order chi connectivity index (χ0) is 15.5. The molecule has 0 bridgehead atoms. The van der Waals surface area contributed by atoms with Gasteiger partial charge in [-0.1, -0.05) is 5.16 Å². The molecule has 1 saturated heterocycles. The van der Waals surface area contributed by atoms with E-state index in [1.165, 1.54) is 0 Å². The summed E-state index contributed by atoms with van der Waals surface area (Å²) in [6, 6.07) is 2.08. The van der Waals surface area contributed by atoms with Gasteiger partial charge < -0.3 is 19.8 Å². The molecule has 1 atom stereocenters. The van der Waals surface area contributed by atoms with Gasteiger partial charge in [-0.25, -0.2) is 9.97 Å². The van der Waals surface area contributed by atoms with Crippen LogP contribution in [0.5, 0.6) is 0 Å². The van der Waals surface area contributed by atoms with E-state index in [1.54, 1.807) is 6.33 Å². The lowest BCUT2D eigenvalue weighted by atomic mass is 10.2. The van der Waals surface area contributed by atoms with Crippen molar-refractivity contribution in [2.45, 2.75) is 39.3 Å². The van der Waals surface area contributed by atoms with Crippen molar-refractivity contribution in [2.75, 3.05) is 23.4 Å². The van der Waals surface area contributed by atoms with Crippen LogP contribution in [-0.4, -0.2) is 39.4 Å². The minimum atomic E-state index is 0.158. The average molecular weight is 303 g/mol. The molecule has 7 heteroatoms. The Morgan fingerprint density at radius 3 is 3.00 bits per heavy atom. The third kappa shape index (κ3) is 2.89. The van der Waals surface area contributed by atoms with E-state index in [9.17, 15) is 5.11 Å². The Balaban J connectivity index is 1.71. The quantitative estimate of drug-likeness (QED) is 0.868. The molecule has 0 aromatic carbocycles. The molecule has 0 unspecified atom stereocenters. The van der Waals surface area contributed by atoms with Gasteiger partial charge in [0.25, 0.3) is 0 Å². The van der Waals surface area contributed by atoms with Gasteiger partial charge in [0, 0.05) is 24.7 Å². The molecular weight excluding hydrogens is 282 g/mol. The Bertz CT molecular complexity index is 623. The summed E-state index contributed by atoms with van der Waals surface area (Å²) in [5, 5.41) is 16.7. The predicted octanol–water partition coefficient (Wildman–Crippen LogP) is 1.65. The van der Waals surface area contributed by atoms with E-state index in [4.69, 9.17) is 4.52 Å². The van der Waals surface area contributed by atoms with Crippen molar-refractivity contribution < 1.29 is 9.63 Å². The highest BCUT2D eigenvalue weighted by Crippen LogP contribution is 2.25. The van der Waals surface area contributed by atoms with Crippen LogP contribution in [0, 0.1) is 13.8 Å². The van der Waals surface area contributed by atoms with Gasteiger partial charge in [0.1, 0.15) is 23.7 Å². The van der Waals surface area contributed by atoms with Crippen LogP contribution in [0.15, 0.2) is 16.9 Å². The standard InChI is InChI=1S/C15H21N5O2/c1-10-13(11(2)22-19-10)7-16-14-6-15(18-9-17-14)20-5-3-4-12(20)8-21/h6,9,12,21H,3-5,7-8H2,1-2H3,(H,16,17,18)/t12-/m1/s1. The molecule has 2 N–H and O–H groups in total. The van der Waals surface area contributed by atoms with Crippen molar-refractivity contribution >= 4 is 11.6 Å². The molecule has 3 rings (SSSR count). The lowest BCUT2D eigenvalue weighted by Gasteiger charge is -2.24. The van der Waals surface area contributed by atoms with Crippen LogP contribution in [0.25, 0.3) is 0 Å². The first kappa shape index (κ1) is 14.8. The molecular formula is C15H21N5O2. The fraction of sp³-hybridized carbons (Fsp3) is 0.533. The summed E-state index contributed by atoms with van der Waals surface area (Å²) < 4.78 is 5.16. The van der Waals surface area contributed by atoms with E-state index in [1.807, 2.05) is 19.9 Å². The molecule has 0 saturated carbocycles. The van der Waals surface area contributed by atoms with Gasteiger partial charge in [0.2, 0.25) is 0 Å². The third-order valence-corrected chi connectivity index (χ3v) is 4.16. The van der Waals surface area contributed by atoms with Crippen LogP contribution in [0.2, 0.25) is 0 Å². The summed E-state index contributed by atoms with van der Waals surface area (Å²) in [5.41, 5.74) is 1.94. The number of nitrogens with zero attached hydrogens (tertiary/aromatic N) is 4. The van der Waals surface area contributed by atoms with Gasteiger partial charge >= 0.3 is 0 Å². The van der Waals surface area contributed by atoms with E-state index < -0.39 is 0 Å². The first-order chi connectivity index (χ1) is 10.7. The van der Waals surface area contributed by atoms with Crippen molar-refractivity contribution in [2.24, 2.45) is 0 Å². The highest BCUT2D eigenvalue weighted by Gasteiger charge is 2.25. The van der Waals surface area contributed by atoms with Crippen LogP contribution in [0.4, 0.5) is 11.6 Å². The van der Waals surface area contributed by atoms with Crippen molar-refractivity contribution in [3.05, 3.63) is 29.4 Å². The van der Waals surface area contributed by atoms with Crippen molar-refractivity contribution in [1.29, 1.82) is 0 Å². The van der Waals surface area contributed by atoms with Crippen LogP contribution >= 0.6 is 0 Å². The second-order valence-electron chi connectivity index (χ2n) is 5.59. The Morgan fingerprint density at radius 2 is 2.27 bits per heavy atom. The van der Waals surface area contributed by atoms with Crippen LogP contribution in [0.3, 0.4) is 0 Å². The number of nitrogens with one attached hydrogen (secondary N) is 1. The molecule has 118 valence electrons. The summed E-state index contributed by atoms with van der Waals surface area (Å²) in [6.07, 6.45) is 3.64. The first-order valence-corrected chi connectivity index (χ1v) is 7.54. The summed E-state index contributed by atoms with van der Waals surface area (Å²) in [5.74, 6) is 2.43. The largest absolute Gasteiger partial charge is 0.394 e. The molecule has 7 nitrogen and oxygen atoms in total. The molecule has 1 fully saturated rings. The Morgan fingerprint density at radius 1 is 1.41 bits per heavy atom. The molecule has 3 heterocycles. The van der Waals surface area contributed by atoms with Gasteiger partial charge in [0.05, 0.1) is 18.3 Å². The van der Waals surface area contributed by atoms with Crippen molar-refractivity contribution in [1.82, 2.24) is 15.1 Å². The topological polar surface area (TPSA) is 87.3 Å². The van der Waals surface area contributed by atoms with Crippen LogP contribution in [0.1, 0.15) is 29.9 Å². The van der Waals surface area contributed by atoms with E-state index in [0.29, 0.717) is 6.54 Å². The maximum atomic E-state index is 9.44. The maximum Gasteiger partial charge on any atom is 0.138 e. The maximum absolute atomic E-state index is 9.44. The molecule has 0 spiro atoms. The van der Waals surface area contributed by atoms with Gasteiger partial charge in [-0.15, -0.1) is 0 Å². The molecule has 1 aliphatic rings. The first-order valence-electron chi connectivity index (χ1n) is 7.54. The van der Waals surface area contributed by atoms with Gasteiger partial charge in [-0.3, -0.25) is 0 Å². The number of rotatable bonds is 5. The molecule has 0 amide bonds. The number of anilines is 2. The van der Waals surface area contributed by atoms with Crippen molar-refractivity contribution in [3.8, 4) is 0 Å². The molecule has 22 heavy (non-hydrogen) atoms. The second kappa shape index (κ2) is 6.31. The van der Waals surface area contributed by atoms with Crippen LogP contribution in [-0.2, 0) is 6.54 Å². The Kier molecular flexibility index (Phi) is 4.24. The summed E-state index contributed by atoms with van der Waals surface area (Å²) in [4.78, 5) is 10.7. The van der Waals surface area contributed by atoms with E-state index in [2.05, 4.69) is 25.3 Å². The highest BCUT2D eigenvalue weighted by atomic mass is 16.5. The van der Waals surface area contributed by atoms with Gasteiger partial charge in [-0.2, -0.15) is 0 Å². The number of aliphatic hydroxyl groups excluding tert-OH is 1. The lowest BCUT2D eigenvalue weighted by Crippen LogP contribution is -2.32. The fourth-order valence-corrected chi connectivity index (χ4v) is 2.86. The number of aromatic nitrogens is 3. The Hall–Kier alpha value is -2.15. The van der Waals surface area contributed by atoms with Gasteiger partial charge in [-0.05, 0) is 26.7 Å². The van der Waals surface area contributed by atoms with Crippen molar-refractivity contribution in [3.63, 3.8) is 0 Å². The summed E-state index contributed by atoms with van der Waals surface area (Å²) >= 11 is 0. The van der Waals surface area contributed by atoms with E-state index in [0.717, 1.165) is 48.0 Å². The monoisotopic (exact) mass is 303 g/mol. The summed E-state index contributed by atoms with van der Waals surface area (Å²) in [6.45, 7) is 5.52. The smallest absolute Gasteiger partial charge is 0.138 e. The second-order valence-corrected chi connectivity index (χ2v) is 5.59. The normalized spacial score (nSPS) is 18.0. The zero-order valence-electron chi connectivity index (χ0n) is 12.9. The predicted molar refractivity (Wildman–Crippen MR) is 82.8 cm³/mol. The molecule has 1 aliphatic heterocycles. The number of aryl methyl sites for hydroxylation is 2. The third-order valence-electron chi connectivity index (χ3n) is 4.16. The SMILES string of the molecule is Cc1noc(C)c1CNc1cc(N2CCC[C@@H]2CO)ncn1. The molecule has 0 radical (unpaired) electrons. The fourth-order valence-electron chi connectivity index (χ4n) is 2.86. The zero-order valence-corrected chi connectivity index (χ0v) is 12.9. The molecule has 2 aromatic rings. The minimum Gasteiger partial charge on any atom is -0.394 e. The highest BCUT2D eigenvalue weighted by molar-refractivity contribution is 5.50. The van der Waals surface area contributed by atoms with E-state index in [-0.39, 0.29) is 12.6 Å². The van der Waals surface area contributed by atoms with Crippen LogP contribution < -0.4 is 10.2 Å². The van der Waals surface area contributed by atoms with E-state index >= 15 is 0 Å². The average Bonchev–Trinajstić information content (AvgIpc) is 3.13. The lowest BCUT2D eigenvalue weighted by molar-refractivity contribution is 0.266.